The largest absolute Gasteiger partial charge is 0.327 e. The second-order valence-electron chi connectivity index (χ2n) is 5.76. The third-order valence-corrected chi connectivity index (χ3v) is 3.92. The van der Waals surface area contributed by atoms with Crippen molar-refractivity contribution in [2.75, 3.05) is 26.7 Å². The molecule has 1 aliphatic heterocycles. The van der Waals surface area contributed by atoms with Crippen molar-refractivity contribution in [1.82, 2.24) is 10.2 Å². The fraction of sp³-hybridized carbons (Fsp3) is 0.562. The zero-order chi connectivity index (χ0) is 14.4. The van der Waals surface area contributed by atoms with Gasteiger partial charge in [0.2, 0.25) is 0 Å². The van der Waals surface area contributed by atoms with Crippen molar-refractivity contribution in [3.63, 3.8) is 0 Å². The zero-order valence-electron chi connectivity index (χ0n) is 12.2. The van der Waals surface area contributed by atoms with Crippen LogP contribution in [0.3, 0.4) is 0 Å². The molecule has 0 aromatic heterocycles. The van der Waals surface area contributed by atoms with Gasteiger partial charge in [-0.1, -0.05) is 12.1 Å². The van der Waals surface area contributed by atoms with Crippen LogP contribution in [-0.2, 0) is 6.42 Å². The molecular formula is C16H24N4. The predicted molar refractivity (Wildman–Crippen MR) is 81.4 cm³/mol. The lowest BCUT2D eigenvalue weighted by Crippen LogP contribution is -2.35. The molecule has 1 heterocycles. The smallest absolute Gasteiger partial charge is 0.0991 e. The minimum absolute atomic E-state index is 0.176. The van der Waals surface area contributed by atoms with E-state index in [9.17, 15) is 0 Å². The number of likely N-dealkylation sites (tertiary alicyclic amines) is 1. The molecule has 0 spiro atoms. The summed E-state index contributed by atoms with van der Waals surface area (Å²) in [6.07, 6.45) is 3.10. The average Bonchev–Trinajstić information content (AvgIpc) is 2.85. The molecule has 1 saturated heterocycles. The van der Waals surface area contributed by atoms with Gasteiger partial charge in [0.25, 0.3) is 0 Å². The monoisotopic (exact) mass is 272 g/mol. The van der Waals surface area contributed by atoms with E-state index in [4.69, 9.17) is 11.0 Å². The molecule has 1 aromatic rings. The number of benzene rings is 1. The van der Waals surface area contributed by atoms with Gasteiger partial charge in [0.05, 0.1) is 11.6 Å². The van der Waals surface area contributed by atoms with Crippen LogP contribution in [0.15, 0.2) is 24.3 Å². The summed E-state index contributed by atoms with van der Waals surface area (Å²) < 4.78 is 0. The minimum Gasteiger partial charge on any atom is -0.327 e. The Bertz CT molecular complexity index is 449. The molecule has 20 heavy (non-hydrogen) atoms. The summed E-state index contributed by atoms with van der Waals surface area (Å²) in [7, 11) is 2.16. The Morgan fingerprint density at radius 1 is 1.45 bits per heavy atom. The Kier molecular flexibility index (Phi) is 5.54. The summed E-state index contributed by atoms with van der Waals surface area (Å²) in [4.78, 5) is 2.36. The van der Waals surface area contributed by atoms with Gasteiger partial charge in [-0.3, -0.25) is 0 Å². The van der Waals surface area contributed by atoms with Crippen molar-refractivity contribution in [3.8, 4) is 6.07 Å². The third kappa shape index (κ3) is 4.61. The molecule has 2 atom stereocenters. The summed E-state index contributed by atoms with van der Waals surface area (Å²) in [5.41, 5.74) is 8.08. The first-order valence-corrected chi connectivity index (χ1v) is 7.34. The molecule has 3 N–H and O–H groups in total. The average molecular weight is 272 g/mol. The molecule has 1 aromatic carbocycles. The van der Waals surface area contributed by atoms with Crippen LogP contribution in [0.25, 0.3) is 0 Å². The van der Waals surface area contributed by atoms with E-state index in [0.717, 1.165) is 25.9 Å². The van der Waals surface area contributed by atoms with Crippen LogP contribution >= 0.6 is 0 Å². The van der Waals surface area contributed by atoms with Crippen LogP contribution in [0.1, 0.15) is 24.0 Å². The van der Waals surface area contributed by atoms with E-state index in [0.29, 0.717) is 11.6 Å². The Hall–Kier alpha value is -1.41. The number of likely N-dealkylation sites (N-methyl/N-ethyl adjacent to an activating group) is 1. The maximum absolute atomic E-state index is 8.76. The standard InChI is InChI=1S/C16H24N4/c1-20-9-7-16(12-20)19-8-6-15(18)10-13-2-4-14(11-17)5-3-13/h2-5,15-16,19H,6-10,12,18H2,1H3/t15-,16-/m0/s1. The number of nitrogens with zero attached hydrogens (tertiary/aromatic N) is 2. The van der Waals surface area contributed by atoms with Crippen molar-refractivity contribution in [3.05, 3.63) is 35.4 Å². The van der Waals surface area contributed by atoms with Crippen molar-refractivity contribution in [1.29, 1.82) is 5.26 Å². The number of hydrogen-bond donors (Lipinski definition) is 2. The number of nitriles is 1. The topological polar surface area (TPSA) is 65.1 Å². The Balaban J connectivity index is 1.67. The van der Waals surface area contributed by atoms with Crippen molar-refractivity contribution in [2.45, 2.75) is 31.3 Å². The number of nitrogens with two attached hydrogens (primary N) is 1. The van der Waals surface area contributed by atoms with Gasteiger partial charge in [0.15, 0.2) is 0 Å². The van der Waals surface area contributed by atoms with E-state index in [2.05, 4.69) is 23.3 Å². The highest BCUT2D eigenvalue weighted by Crippen LogP contribution is 2.08. The number of hydrogen-bond acceptors (Lipinski definition) is 4. The molecule has 4 heteroatoms. The molecule has 2 rings (SSSR count). The van der Waals surface area contributed by atoms with Gasteiger partial charge in [-0.25, -0.2) is 0 Å². The Labute approximate surface area is 121 Å². The van der Waals surface area contributed by atoms with Gasteiger partial charge in [0, 0.05) is 18.6 Å². The Morgan fingerprint density at radius 3 is 2.80 bits per heavy atom. The predicted octanol–water partition coefficient (Wildman–Crippen LogP) is 1.11. The van der Waals surface area contributed by atoms with Crippen LogP contribution < -0.4 is 11.1 Å². The minimum atomic E-state index is 0.176. The lowest BCUT2D eigenvalue weighted by molar-refractivity contribution is 0.395. The lowest BCUT2D eigenvalue weighted by Gasteiger charge is -2.16. The molecule has 108 valence electrons. The highest BCUT2D eigenvalue weighted by atomic mass is 15.2. The van der Waals surface area contributed by atoms with Crippen LogP contribution in [0.4, 0.5) is 0 Å². The summed E-state index contributed by atoms with van der Waals surface area (Å²) >= 11 is 0. The van der Waals surface area contributed by atoms with Crippen LogP contribution in [0, 0.1) is 11.3 Å². The lowest BCUT2D eigenvalue weighted by atomic mass is 10.0. The Morgan fingerprint density at radius 2 is 2.20 bits per heavy atom. The van der Waals surface area contributed by atoms with E-state index < -0.39 is 0 Å². The molecule has 1 aliphatic rings. The van der Waals surface area contributed by atoms with Crippen LogP contribution in [0.5, 0.6) is 0 Å². The van der Waals surface area contributed by atoms with E-state index in [-0.39, 0.29) is 6.04 Å². The van der Waals surface area contributed by atoms with E-state index in [1.807, 2.05) is 24.3 Å². The van der Waals surface area contributed by atoms with Gasteiger partial charge in [-0.15, -0.1) is 0 Å². The highest BCUT2D eigenvalue weighted by molar-refractivity contribution is 5.31. The SMILES string of the molecule is CN1CC[C@H](NCC[C@H](N)Cc2ccc(C#N)cc2)C1. The molecule has 4 nitrogen and oxygen atoms in total. The van der Waals surface area contributed by atoms with Crippen molar-refractivity contribution >= 4 is 0 Å². The van der Waals surface area contributed by atoms with Crippen molar-refractivity contribution < 1.29 is 0 Å². The second-order valence-corrected chi connectivity index (χ2v) is 5.76. The summed E-state index contributed by atoms with van der Waals surface area (Å²) in [6.45, 7) is 3.32. The quantitative estimate of drug-likeness (QED) is 0.814. The first kappa shape index (κ1) is 15.0. The maximum atomic E-state index is 8.76. The van der Waals surface area contributed by atoms with Gasteiger partial charge in [-0.2, -0.15) is 5.26 Å². The summed E-state index contributed by atoms with van der Waals surface area (Å²) in [6, 6.07) is 10.6. The first-order valence-electron chi connectivity index (χ1n) is 7.34. The molecule has 1 fully saturated rings. The fourth-order valence-corrected chi connectivity index (χ4v) is 2.69. The van der Waals surface area contributed by atoms with Gasteiger partial charge >= 0.3 is 0 Å². The molecule has 0 radical (unpaired) electrons. The van der Waals surface area contributed by atoms with Crippen molar-refractivity contribution in [2.24, 2.45) is 5.73 Å². The maximum Gasteiger partial charge on any atom is 0.0991 e. The zero-order valence-corrected chi connectivity index (χ0v) is 12.2. The van der Waals surface area contributed by atoms with Crippen LogP contribution in [0.2, 0.25) is 0 Å². The fourth-order valence-electron chi connectivity index (χ4n) is 2.69. The number of rotatable bonds is 6. The number of nitrogens with one attached hydrogen (secondary N) is 1. The van der Waals surface area contributed by atoms with Gasteiger partial charge in [-0.05, 0) is 57.1 Å². The second kappa shape index (κ2) is 7.39. The first-order chi connectivity index (χ1) is 9.67. The molecule has 0 bridgehead atoms. The summed E-state index contributed by atoms with van der Waals surface area (Å²) in [5, 5.41) is 12.3. The highest BCUT2D eigenvalue weighted by Gasteiger charge is 2.18. The summed E-state index contributed by atoms with van der Waals surface area (Å²) in [5.74, 6) is 0. The molecule has 0 aliphatic carbocycles. The molecule has 0 amide bonds. The van der Waals surface area contributed by atoms with E-state index in [1.165, 1.54) is 18.5 Å². The van der Waals surface area contributed by atoms with Crippen LogP contribution in [-0.4, -0.2) is 43.7 Å². The third-order valence-electron chi connectivity index (χ3n) is 3.92. The van der Waals surface area contributed by atoms with Gasteiger partial charge in [0.1, 0.15) is 0 Å². The van der Waals surface area contributed by atoms with Gasteiger partial charge < -0.3 is 16.0 Å². The van der Waals surface area contributed by atoms with E-state index in [1.54, 1.807) is 0 Å². The molecule has 0 saturated carbocycles. The van der Waals surface area contributed by atoms with E-state index >= 15 is 0 Å². The normalized spacial score (nSPS) is 20.8. The molecular weight excluding hydrogens is 248 g/mol. The molecule has 0 unspecified atom stereocenters.